The summed E-state index contributed by atoms with van der Waals surface area (Å²) in [5, 5.41) is 3.18. The van der Waals surface area contributed by atoms with Crippen molar-refractivity contribution in [2.45, 2.75) is 51.4 Å². The van der Waals surface area contributed by atoms with Gasteiger partial charge in [0.15, 0.2) is 0 Å². The van der Waals surface area contributed by atoms with Gasteiger partial charge in [0.05, 0.1) is 0 Å². The molecule has 1 aliphatic rings. The molecular formula is C11H19F3N2O. The molecule has 0 radical (unpaired) electrons. The number of hydrogen-bond acceptors (Lipinski definition) is 2. The van der Waals surface area contributed by atoms with E-state index in [0.717, 1.165) is 19.4 Å². The lowest BCUT2D eigenvalue weighted by Gasteiger charge is -2.30. The van der Waals surface area contributed by atoms with Gasteiger partial charge in [-0.15, -0.1) is 0 Å². The van der Waals surface area contributed by atoms with Gasteiger partial charge in [-0.05, 0) is 33.2 Å². The van der Waals surface area contributed by atoms with Gasteiger partial charge in [-0.1, -0.05) is 0 Å². The molecule has 1 saturated heterocycles. The number of hydrogen-bond donors (Lipinski definition) is 1. The van der Waals surface area contributed by atoms with Gasteiger partial charge in [0.2, 0.25) is 5.91 Å². The van der Waals surface area contributed by atoms with Gasteiger partial charge >= 0.3 is 6.18 Å². The van der Waals surface area contributed by atoms with Gasteiger partial charge in [-0.25, -0.2) is 0 Å². The first kappa shape index (κ1) is 14.3. The Hall–Kier alpha value is -0.780. The van der Waals surface area contributed by atoms with Crippen LogP contribution in [0.2, 0.25) is 0 Å². The van der Waals surface area contributed by atoms with Crippen LogP contribution in [0.15, 0.2) is 0 Å². The normalized spacial score (nSPS) is 20.9. The van der Waals surface area contributed by atoms with Crippen molar-refractivity contribution in [3.8, 4) is 0 Å². The Morgan fingerprint density at radius 1 is 1.47 bits per heavy atom. The standard InChI is InChI=1S/C11H19F3N2O/c1-8(2)16(7-9-4-3-5-15-9)10(17)6-11(12,13)14/h8-9,15H,3-7H2,1-2H3. The van der Waals surface area contributed by atoms with Crippen molar-refractivity contribution in [2.75, 3.05) is 13.1 Å². The summed E-state index contributed by atoms with van der Waals surface area (Å²) in [6.07, 6.45) is -3.85. The summed E-state index contributed by atoms with van der Waals surface area (Å²) in [5.41, 5.74) is 0. The van der Waals surface area contributed by atoms with E-state index in [2.05, 4.69) is 5.32 Å². The Morgan fingerprint density at radius 3 is 2.53 bits per heavy atom. The van der Waals surface area contributed by atoms with E-state index in [9.17, 15) is 18.0 Å². The smallest absolute Gasteiger partial charge is 0.338 e. The highest BCUT2D eigenvalue weighted by Crippen LogP contribution is 2.22. The van der Waals surface area contributed by atoms with Crippen molar-refractivity contribution in [3.63, 3.8) is 0 Å². The zero-order valence-corrected chi connectivity index (χ0v) is 10.2. The van der Waals surface area contributed by atoms with Crippen molar-refractivity contribution in [2.24, 2.45) is 0 Å². The summed E-state index contributed by atoms with van der Waals surface area (Å²) in [7, 11) is 0. The van der Waals surface area contributed by atoms with E-state index in [-0.39, 0.29) is 12.1 Å². The summed E-state index contributed by atoms with van der Waals surface area (Å²) < 4.78 is 36.5. The molecule has 0 aromatic carbocycles. The Bertz CT molecular complexity index is 260. The maximum Gasteiger partial charge on any atom is 0.397 e. The lowest BCUT2D eigenvalue weighted by Crippen LogP contribution is -2.45. The third kappa shape index (κ3) is 4.93. The molecule has 0 bridgehead atoms. The molecule has 1 heterocycles. The van der Waals surface area contributed by atoms with Crippen molar-refractivity contribution in [1.82, 2.24) is 10.2 Å². The summed E-state index contributed by atoms with van der Waals surface area (Å²) in [4.78, 5) is 12.9. The molecule has 0 aliphatic carbocycles. The zero-order valence-electron chi connectivity index (χ0n) is 10.2. The van der Waals surface area contributed by atoms with Gasteiger partial charge in [0.25, 0.3) is 0 Å². The summed E-state index contributed by atoms with van der Waals surface area (Å²) in [5.74, 6) is -0.832. The molecule has 0 spiro atoms. The van der Waals surface area contributed by atoms with Crippen LogP contribution >= 0.6 is 0 Å². The molecule has 1 atom stereocenters. The quantitative estimate of drug-likeness (QED) is 0.829. The maximum absolute atomic E-state index is 12.2. The minimum Gasteiger partial charge on any atom is -0.338 e. The Kier molecular flexibility index (Phi) is 4.80. The highest BCUT2D eigenvalue weighted by Gasteiger charge is 2.35. The van der Waals surface area contributed by atoms with E-state index in [4.69, 9.17) is 0 Å². The molecule has 3 nitrogen and oxygen atoms in total. The molecule has 1 fully saturated rings. The fourth-order valence-electron chi connectivity index (χ4n) is 2.02. The van der Waals surface area contributed by atoms with E-state index in [1.165, 1.54) is 4.90 Å². The molecule has 17 heavy (non-hydrogen) atoms. The average Bonchev–Trinajstić information content (AvgIpc) is 2.62. The highest BCUT2D eigenvalue weighted by molar-refractivity contribution is 5.77. The fraction of sp³-hybridized carbons (Fsp3) is 0.909. The van der Waals surface area contributed by atoms with E-state index < -0.39 is 18.5 Å². The molecular weight excluding hydrogens is 233 g/mol. The second-order valence-corrected chi connectivity index (χ2v) is 4.73. The number of nitrogens with one attached hydrogen (secondary N) is 1. The first-order chi connectivity index (χ1) is 7.79. The number of carbonyl (C=O) groups is 1. The second kappa shape index (κ2) is 5.71. The van der Waals surface area contributed by atoms with Crippen LogP contribution in [-0.2, 0) is 4.79 Å². The van der Waals surface area contributed by atoms with Crippen LogP contribution in [0.1, 0.15) is 33.1 Å². The van der Waals surface area contributed by atoms with Gasteiger partial charge in [0, 0.05) is 18.6 Å². The summed E-state index contributed by atoms with van der Waals surface area (Å²) in [6, 6.07) is -0.0677. The highest BCUT2D eigenvalue weighted by atomic mass is 19.4. The summed E-state index contributed by atoms with van der Waals surface area (Å²) >= 11 is 0. The number of amides is 1. The van der Waals surface area contributed by atoms with Crippen molar-refractivity contribution >= 4 is 5.91 Å². The molecule has 1 amide bonds. The largest absolute Gasteiger partial charge is 0.397 e. The van der Waals surface area contributed by atoms with Gasteiger partial charge in [-0.3, -0.25) is 4.79 Å². The Labute approximate surface area is 99.4 Å². The molecule has 6 heteroatoms. The van der Waals surface area contributed by atoms with Gasteiger partial charge < -0.3 is 10.2 Å². The molecule has 0 aromatic rings. The van der Waals surface area contributed by atoms with Crippen LogP contribution < -0.4 is 5.32 Å². The molecule has 0 saturated carbocycles. The number of alkyl halides is 3. The maximum atomic E-state index is 12.2. The van der Waals surface area contributed by atoms with Crippen molar-refractivity contribution < 1.29 is 18.0 Å². The number of rotatable bonds is 4. The third-order valence-corrected chi connectivity index (χ3v) is 2.87. The monoisotopic (exact) mass is 252 g/mol. The van der Waals surface area contributed by atoms with Crippen LogP contribution in [0.25, 0.3) is 0 Å². The average molecular weight is 252 g/mol. The van der Waals surface area contributed by atoms with E-state index in [1.54, 1.807) is 13.8 Å². The van der Waals surface area contributed by atoms with Crippen LogP contribution in [0.3, 0.4) is 0 Å². The third-order valence-electron chi connectivity index (χ3n) is 2.87. The Morgan fingerprint density at radius 2 is 2.12 bits per heavy atom. The van der Waals surface area contributed by atoms with Crippen LogP contribution in [0.5, 0.6) is 0 Å². The molecule has 0 aromatic heterocycles. The minimum absolute atomic E-state index is 0.134. The Balaban J connectivity index is 2.55. The molecule has 1 N–H and O–H groups in total. The predicted octanol–water partition coefficient (Wildman–Crippen LogP) is 1.93. The predicted molar refractivity (Wildman–Crippen MR) is 58.5 cm³/mol. The first-order valence-corrected chi connectivity index (χ1v) is 5.89. The van der Waals surface area contributed by atoms with Gasteiger partial charge in [-0.2, -0.15) is 13.2 Å². The molecule has 1 rings (SSSR count). The van der Waals surface area contributed by atoms with E-state index in [0.29, 0.717) is 6.54 Å². The minimum atomic E-state index is -4.42. The summed E-state index contributed by atoms with van der Waals surface area (Å²) in [6.45, 7) is 4.73. The van der Waals surface area contributed by atoms with Crippen molar-refractivity contribution in [3.05, 3.63) is 0 Å². The molecule has 1 aliphatic heterocycles. The van der Waals surface area contributed by atoms with Crippen LogP contribution in [0, 0.1) is 0 Å². The lowest BCUT2D eigenvalue weighted by molar-refractivity contribution is -0.162. The number of carbonyl (C=O) groups excluding carboxylic acids is 1. The first-order valence-electron chi connectivity index (χ1n) is 5.89. The van der Waals surface area contributed by atoms with Gasteiger partial charge in [0.1, 0.15) is 6.42 Å². The second-order valence-electron chi connectivity index (χ2n) is 4.73. The number of nitrogens with zero attached hydrogens (tertiary/aromatic N) is 1. The van der Waals surface area contributed by atoms with Crippen LogP contribution in [0.4, 0.5) is 13.2 Å². The molecule has 100 valence electrons. The van der Waals surface area contributed by atoms with E-state index in [1.807, 2.05) is 0 Å². The topological polar surface area (TPSA) is 32.3 Å². The van der Waals surface area contributed by atoms with E-state index >= 15 is 0 Å². The number of halogens is 3. The lowest BCUT2D eigenvalue weighted by atomic mass is 10.1. The fourth-order valence-corrected chi connectivity index (χ4v) is 2.02. The van der Waals surface area contributed by atoms with Crippen molar-refractivity contribution in [1.29, 1.82) is 0 Å². The molecule has 1 unspecified atom stereocenters. The SMILES string of the molecule is CC(C)N(CC1CCCN1)C(=O)CC(F)(F)F. The van der Waals surface area contributed by atoms with Crippen LogP contribution in [-0.4, -0.2) is 42.2 Å². The zero-order chi connectivity index (χ0) is 13.1.